The third-order valence-corrected chi connectivity index (χ3v) is 3.76. The average molecular weight is 182 g/mol. The molecule has 0 aromatic heterocycles. The van der Waals surface area contributed by atoms with E-state index in [0.29, 0.717) is 5.92 Å². The lowest BCUT2D eigenvalue weighted by Gasteiger charge is -2.19. The summed E-state index contributed by atoms with van der Waals surface area (Å²) < 4.78 is 0. The van der Waals surface area contributed by atoms with Crippen LogP contribution in [0.3, 0.4) is 0 Å². The van der Waals surface area contributed by atoms with Gasteiger partial charge < -0.3 is 5.11 Å². The van der Waals surface area contributed by atoms with E-state index in [0.717, 1.165) is 12.3 Å². The highest BCUT2D eigenvalue weighted by atomic mass is 16.3. The minimum absolute atomic E-state index is 0.0289. The van der Waals surface area contributed by atoms with Crippen molar-refractivity contribution in [2.75, 3.05) is 0 Å². The highest BCUT2D eigenvalue weighted by Gasteiger charge is 2.26. The van der Waals surface area contributed by atoms with Crippen molar-refractivity contribution < 1.29 is 5.11 Å². The summed E-state index contributed by atoms with van der Waals surface area (Å²) in [4.78, 5) is 0. The van der Waals surface area contributed by atoms with Gasteiger partial charge in [-0.3, -0.25) is 0 Å². The Morgan fingerprint density at radius 2 is 1.62 bits per heavy atom. The number of rotatable bonds is 3. The molecule has 0 radical (unpaired) electrons. The molecule has 2 aliphatic carbocycles. The highest BCUT2D eigenvalue weighted by molar-refractivity contribution is 4.78. The molecule has 0 aromatic carbocycles. The van der Waals surface area contributed by atoms with Crippen molar-refractivity contribution in [1.29, 1.82) is 0 Å². The first-order chi connectivity index (χ1) is 6.36. The van der Waals surface area contributed by atoms with Crippen molar-refractivity contribution in [2.24, 2.45) is 11.8 Å². The van der Waals surface area contributed by atoms with Crippen LogP contribution in [0.15, 0.2) is 0 Å². The fraction of sp³-hybridized carbons (Fsp3) is 1.00. The van der Waals surface area contributed by atoms with E-state index in [1.807, 2.05) is 0 Å². The van der Waals surface area contributed by atoms with E-state index in [-0.39, 0.29) is 6.10 Å². The average Bonchev–Trinajstić information content (AvgIpc) is 2.90. The first kappa shape index (κ1) is 9.51. The van der Waals surface area contributed by atoms with Crippen LogP contribution in [0.4, 0.5) is 0 Å². The fourth-order valence-electron chi connectivity index (χ4n) is 2.56. The lowest BCUT2D eigenvalue weighted by Crippen LogP contribution is -2.18. The molecule has 13 heavy (non-hydrogen) atoms. The highest BCUT2D eigenvalue weighted by Crippen LogP contribution is 2.37. The van der Waals surface area contributed by atoms with Gasteiger partial charge in [0.05, 0.1) is 6.10 Å². The number of hydrogen-bond donors (Lipinski definition) is 1. The molecule has 0 heterocycles. The smallest absolute Gasteiger partial charge is 0.0568 e. The Morgan fingerprint density at radius 1 is 0.846 bits per heavy atom. The van der Waals surface area contributed by atoms with Gasteiger partial charge in [0.2, 0.25) is 0 Å². The van der Waals surface area contributed by atoms with Gasteiger partial charge in [0, 0.05) is 0 Å². The van der Waals surface area contributed by atoms with Gasteiger partial charge in [0.1, 0.15) is 0 Å². The zero-order chi connectivity index (χ0) is 9.10. The van der Waals surface area contributed by atoms with Crippen LogP contribution in [-0.4, -0.2) is 11.2 Å². The SMILES string of the molecule is O[C@@H]1CCCCC[C@H]1CCC1CC1. The van der Waals surface area contributed by atoms with Crippen LogP contribution in [0.1, 0.15) is 57.8 Å². The first-order valence-corrected chi connectivity index (χ1v) is 6.04. The van der Waals surface area contributed by atoms with Crippen LogP contribution < -0.4 is 0 Å². The summed E-state index contributed by atoms with van der Waals surface area (Å²) >= 11 is 0. The first-order valence-electron chi connectivity index (χ1n) is 6.04. The van der Waals surface area contributed by atoms with Crippen molar-refractivity contribution in [3.05, 3.63) is 0 Å². The second-order valence-electron chi connectivity index (χ2n) is 4.99. The fourth-order valence-corrected chi connectivity index (χ4v) is 2.56. The topological polar surface area (TPSA) is 20.2 Å². The second kappa shape index (κ2) is 4.45. The maximum atomic E-state index is 9.88. The van der Waals surface area contributed by atoms with Gasteiger partial charge in [-0.05, 0) is 31.1 Å². The van der Waals surface area contributed by atoms with Gasteiger partial charge in [0.15, 0.2) is 0 Å². The Morgan fingerprint density at radius 3 is 2.38 bits per heavy atom. The quantitative estimate of drug-likeness (QED) is 0.665. The van der Waals surface area contributed by atoms with Gasteiger partial charge in [-0.15, -0.1) is 0 Å². The predicted molar refractivity (Wildman–Crippen MR) is 54.5 cm³/mol. The number of aliphatic hydroxyl groups excluding tert-OH is 1. The van der Waals surface area contributed by atoms with E-state index in [4.69, 9.17) is 0 Å². The Labute approximate surface area is 81.5 Å². The zero-order valence-corrected chi connectivity index (χ0v) is 8.54. The minimum Gasteiger partial charge on any atom is -0.393 e. The molecule has 2 aliphatic rings. The molecule has 1 heteroatoms. The van der Waals surface area contributed by atoms with E-state index in [1.165, 1.54) is 51.4 Å². The molecule has 0 amide bonds. The molecule has 76 valence electrons. The summed E-state index contributed by atoms with van der Waals surface area (Å²) in [5.74, 6) is 1.68. The molecular weight excluding hydrogens is 160 g/mol. The van der Waals surface area contributed by atoms with Gasteiger partial charge in [0.25, 0.3) is 0 Å². The van der Waals surface area contributed by atoms with Crippen molar-refractivity contribution in [3.8, 4) is 0 Å². The predicted octanol–water partition coefficient (Wildman–Crippen LogP) is 3.12. The molecule has 2 rings (SSSR count). The maximum Gasteiger partial charge on any atom is 0.0568 e. The minimum atomic E-state index is 0.0289. The third kappa shape index (κ3) is 2.98. The van der Waals surface area contributed by atoms with E-state index < -0.39 is 0 Å². The number of hydrogen-bond acceptors (Lipinski definition) is 1. The largest absolute Gasteiger partial charge is 0.393 e. The lowest BCUT2D eigenvalue weighted by molar-refractivity contribution is 0.0937. The standard InChI is InChI=1S/C12H22O/c13-12-5-3-1-2-4-11(12)9-8-10-6-7-10/h10-13H,1-9H2/t11-,12+/m0/s1. The van der Waals surface area contributed by atoms with Gasteiger partial charge in [-0.1, -0.05) is 38.5 Å². The Bertz CT molecular complexity index is 151. The van der Waals surface area contributed by atoms with E-state index in [2.05, 4.69) is 0 Å². The molecule has 0 bridgehead atoms. The van der Waals surface area contributed by atoms with E-state index >= 15 is 0 Å². The maximum absolute atomic E-state index is 9.88. The van der Waals surface area contributed by atoms with Crippen LogP contribution >= 0.6 is 0 Å². The monoisotopic (exact) mass is 182 g/mol. The van der Waals surface area contributed by atoms with Crippen LogP contribution in [0.2, 0.25) is 0 Å². The summed E-state index contributed by atoms with van der Waals surface area (Å²) in [5.41, 5.74) is 0. The molecule has 2 fully saturated rings. The molecule has 2 atom stereocenters. The second-order valence-corrected chi connectivity index (χ2v) is 4.99. The molecule has 0 spiro atoms. The number of aliphatic hydroxyl groups is 1. The zero-order valence-electron chi connectivity index (χ0n) is 8.54. The molecule has 2 saturated carbocycles. The lowest BCUT2D eigenvalue weighted by atomic mass is 9.91. The van der Waals surface area contributed by atoms with Crippen molar-refractivity contribution in [1.82, 2.24) is 0 Å². The van der Waals surface area contributed by atoms with Crippen molar-refractivity contribution in [2.45, 2.75) is 63.9 Å². The molecule has 0 saturated heterocycles. The van der Waals surface area contributed by atoms with Crippen LogP contribution in [0.5, 0.6) is 0 Å². The summed E-state index contributed by atoms with van der Waals surface area (Å²) in [6, 6.07) is 0. The summed E-state index contributed by atoms with van der Waals surface area (Å²) in [6.07, 6.45) is 11.9. The van der Waals surface area contributed by atoms with Gasteiger partial charge in [-0.25, -0.2) is 0 Å². The molecule has 1 nitrogen and oxygen atoms in total. The van der Waals surface area contributed by atoms with E-state index in [1.54, 1.807) is 0 Å². The molecule has 0 unspecified atom stereocenters. The molecule has 0 aliphatic heterocycles. The van der Waals surface area contributed by atoms with Gasteiger partial charge in [-0.2, -0.15) is 0 Å². The Balaban J connectivity index is 1.72. The van der Waals surface area contributed by atoms with Crippen LogP contribution in [-0.2, 0) is 0 Å². The van der Waals surface area contributed by atoms with Crippen molar-refractivity contribution >= 4 is 0 Å². The molecule has 1 N–H and O–H groups in total. The van der Waals surface area contributed by atoms with Crippen LogP contribution in [0, 0.1) is 11.8 Å². The van der Waals surface area contributed by atoms with Gasteiger partial charge >= 0.3 is 0 Å². The summed E-state index contributed by atoms with van der Waals surface area (Å²) in [6.45, 7) is 0. The summed E-state index contributed by atoms with van der Waals surface area (Å²) in [7, 11) is 0. The molecular formula is C12H22O. The van der Waals surface area contributed by atoms with Crippen LogP contribution in [0.25, 0.3) is 0 Å². The summed E-state index contributed by atoms with van der Waals surface area (Å²) in [5, 5.41) is 9.88. The Hall–Kier alpha value is -0.0400. The Kier molecular flexibility index (Phi) is 3.26. The third-order valence-electron chi connectivity index (χ3n) is 3.76. The normalized spacial score (nSPS) is 35.8. The van der Waals surface area contributed by atoms with E-state index in [9.17, 15) is 5.11 Å². The van der Waals surface area contributed by atoms with Crippen molar-refractivity contribution in [3.63, 3.8) is 0 Å². The molecule has 0 aromatic rings.